The smallest absolute Gasteiger partial charge is 0.275 e. The Labute approximate surface area is 201 Å². The Bertz CT molecular complexity index is 1420. The molecular weight excluding hydrogens is 446 g/mol. The number of hydrogen-bond donors (Lipinski definition) is 4. The van der Waals surface area contributed by atoms with Crippen molar-refractivity contribution in [2.45, 2.75) is 32.7 Å². The highest BCUT2D eigenvalue weighted by Gasteiger charge is 2.28. The Hall–Kier alpha value is -4.47. The summed E-state index contributed by atoms with van der Waals surface area (Å²) in [5.74, 6) is -0.535. The van der Waals surface area contributed by atoms with Crippen LogP contribution in [0.3, 0.4) is 0 Å². The van der Waals surface area contributed by atoms with Crippen LogP contribution in [-0.2, 0) is 4.79 Å². The molecule has 0 spiro atoms. The van der Waals surface area contributed by atoms with Gasteiger partial charge in [0.25, 0.3) is 11.8 Å². The molecule has 4 aromatic rings. The van der Waals surface area contributed by atoms with Gasteiger partial charge in [0.1, 0.15) is 17.2 Å². The Morgan fingerprint density at radius 2 is 1.91 bits per heavy atom. The molecular formula is C25H25N7O3. The minimum absolute atomic E-state index is 0.0819. The molecule has 0 saturated heterocycles. The van der Waals surface area contributed by atoms with Gasteiger partial charge in [0.15, 0.2) is 0 Å². The maximum Gasteiger partial charge on any atom is 0.275 e. The van der Waals surface area contributed by atoms with Crippen molar-refractivity contribution >= 4 is 40.1 Å². The molecule has 178 valence electrons. The van der Waals surface area contributed by atoms with Crippen LogP contribution in [0, 0.1) is 0 Å². The predicted octanol–water partition coefficient (Wildman–Crippen LogP) is 3.47. The van der Waals surface area contributed by atoms with Crippen LogP contribution in [-0.4, -0.2) is 50.5 Å². The number of amides is 3. The van der Waals surface area contributed by atoms with Crippen LogP contribution in [0.25, 0.3) is 22.3 Å². The van der Waals surface area contributed by atoms with Gasteiger partial charge >= 0.3 is 0 Å². The number of H-pyrrole nitrogens is 2. The highest BCUT2D eigenvalue weighted by Crippen LogP contribution is 2.31. The normalized spacial score (nSPS) is 13.0. The first-order chi connectivity index (χ1) is 16.9. The van der Waals surface area contributed by atoms with E-state index in [2.05, 4.69) is 30.8 Å². The van der Waals surface area contributed by atoms with Crippen LogP contribution >= 0.6 is 0 Å². The number of carbonyl (C=O) groups excluding carboxylic acids is 3. The Balaban J connectivity index is 1.51. The average molecular weight is 472 g/mol. The first-order valence-electron chi connectivity index (χ1n) is 11.5. The second-order valence-electron chi connectivity index (χ2n) is 8.44. The number of aromatic nitrogens is 4. The molecule has 0 atom stereocenters. The summed E-state index contributed by atoms with van der Waals surface area (Å²) in [6.07, 6.45) is 3.56. The lowest BCUT2D eigenvalue weighted by atomic mass is 10.1. The molecule has 0 aliphatic heterocycles. The average Bonchev–Trinajstić information content (AvgIpc) is 3.34. The largest absolute Gasteiger partial charge is 0.349 e. The molecule has 3 heterocycles. The number of fused-ring (bicyclic) bond motifs is 1. The Morgan fingerprint density at radius 3 is 2.60 bits per heavy atom. The van der Waals surface area contributed by atoms with Crippen molar-refractivity contribution in [2.24, 2.45) is 0 Å². The second-order valence-corrected chi connectivity index (χ2v) is 8.44. The molecule has 0 bridgehead atoms. The molecule has 0 radical (unpaired) electrons. The minimum atomic E-state index is -0.464. The molecule has 0 unspecified atom stereocenters. The maximum absolute atomic E-state index is 13.1. The van der Waals surface area contributed by atoms with Gasteiger partial charge in [-0.05, 0) is 56.2 Å². The quantitative estimate of drug-likeness (QED) is 0.327. The van der Waals surface area contributed by atoms with Gasteiger partial charge in [0, 0.05) is 42.3 Å². The van der Waals surface area contributed by atoms with E-state index in [9.17, 15) is 14.4 Å². The molecule has 4 N–H and O–H groups in total. The van der Waals surface area contributed by atoms with Gasteiger partial charge in [-0.1, -0.05) is 6.07 Å². The number of anilines is 2. The number of pyridine rings is 1. The predicted molar refractivity (Wildman–Crippen MR) is 132 cm³/mol. The van der Waals surface area contributed by atoms with E-state index in [0.29, 0.717) is 40.1 Å². The van der Waals surface area contributed by atoms with Crippen LogP contribution in [0.15, 0.2) is 48.7 Å². The maximum atomic E-state index is 13.1. The Morgan fingerprint density at radius 1 is 1.09 bits per heavy atom. The summed E-state index contributed by atoms with van der Waals surface area (Å²) in [5, 5.41) is 13.3. The minimum Gasteiger partial charge on any atom is -0.349 e. The highest BCUT2D eigenvalue weighted by atomic mass is 16.2. The number of benzene rings is 1. The first kappa shape index (κ1) is 22.3. The number of hydrogen-bond acceptors (Lipinski definition) is 5. The summed E-state index contributed by atoms with van der Waals surface area (Å²) in [4.78, 5) is 47.5. The molecule has 3 amide bonds. The van der Waals surface area contributed by atoms with E-state index in [1.54, 1.807) is 53.6 Å². The lowest BCUT2D eigenvalue weighted by Gasteiger charge is -2.18. The van der Waals surface area contributed by atoms with Crippen LogP contribution in [0.1, 0.15) is 47.5 Å². The van der Waals surface area contributed by atoms with Crippen molar-refractivity contribution in [1.29, 1.82) is 0 Å². The van der Waals surface area contributed by atoms with Crippen molar-refractivity contribution in [3.8, 4) is 11.4 Å². The number of nitrogens with one attached hydrogen (secondary N) is 4. The fourth-order valence-electron chi connectivity index (χ4n) is 4.04. The number of carbonyl (C=O) groups is 3. The van der Waals surface area contributed by atoms with Gasteiger partial charge in [0.05, 0.1) is 11.3 Å². The Kier molecular flexibility index (Phi) is 5.77. The molecule has 10 nitrogen and oxygen atoms in total. The molecule has 1 aromatic carbocycles. The summed E-state index contributed by atoms with van der Waals surface area (Å²) in [6, 6.07) is 12.4. The number of aromatic amines is 2. The van der Waals surface area contributed by atoms with Crippen molar-refractivity contribution in [2.75, 3.05) is 16.8 Å². The summed E-state index contributed by atoms with van der Waals surface area (Å²) >= 11 is 0. The summed E-state index contributed by atoms with van der Waals surface area (Å²) in [5.41, 5.74) is 3.04. The monoisotopic (exact) mass is 471 g/mol. The molecule has 1 saturated carbocycles. The lowest BCUT2D eigenvalue weighted by Crippen LogP contribution is -2.27. The third kappa shape index (κ3) is 4.50. The number of rotatable bonds is 7. The first-order valence-corrected chi connectivity index (χ1v) is 11.5. The van der Waals surface area contributed by atoms with E-state index >= 15 is 0 Å². The SMILES string of the molecule is CCN(C(C)=O)c1ccc2c(C(=O)NC3CC3)c(NC(=O)c3cccc(-c4cc[nH]n4)n3)[nH]c2c1. The standard InChI is InChI=1S/C25H25N7O3/c1-3-32(14(2)33)16-9-10-17-21(13-16)29-23(22(17)25(35)27-15-7-8-15)30-24(34)20-6-4-5-18(28-20)19-11-12-26-31-19/h4-6,9-13,15,29H,3,7-8H2,1-2H3,(H,26,31)(H,27,35)(H,30,34). The van der Waals surface area contributed by atoms with Crippen molar-refractivity contribution in [3.05, 3.63) is 59.9 Å². The van der Waals surface area contributed by atoms with Gasteiger partial charge < -0.3 is 20.5 Å². The molecule has 3 aromatic heterocycles. The zero-order chi connectivity index (χ0) is 24.5. The molecule has 5 rings (SSSR count). The highest BCUT2D eigenvalue weighted by molar-refractivity contribution is 6.16. The second kappa shape index (κ2) is 9.05. The van der Waals surface area contributed by atoms with Crippen LogP contribution in [0.2, 0.25) is 0 Å². The van der Waals surface area contributed by atoms with E-state index in [0.717, 1.165) is 12.8 Å². The molecule has 1 fully saturated rings. The van der Waals surface area contributed by atoms with E-state index in [1.165, 1.54) is 6.92 Å². The summed E-state index contributed by atoms with van der Waals surface area (Å²) in [7, 11) is 0. The van der Waals surface area contributed by atoms with Gasteiger partial charge in [-0.3, -0.25) is 19.5 Å². The van der Waals surface area contributed by atoms with Crippen molar-refractivity contribution in [1.82, 2.24) is 25.5 Å². The van der Waals surface area contributed by atoms with Gasteiger partial charge in [-0.2, -0.15) is 5.10 Å². The summed E-state index contributed by atoms with van der Waals surface area (Å²) < 4.78 is 0. The summed E-state index contributed by atoms with van der Waals surface area (Å²) in [6.45, 7) is 3.91. The van der Waals surface area contributed by atoms with E-state index in [1.807, 2.05) is 6.92 Å². The van der Waals surface area contributed by atoms with Crippen LogP contribution in [0.5, 0.6) is 0 Å². The zero-order valence-electron chi connectivity index (χ0n) is 19.4. The van der Waals surface area contributed by atoms with Crippen LogP contribution in [0.4, 0.5) is 11.5 Å². The molecule has 1 aliphatic rings. The van der Waals surface area contributed by atoms with E-state index < -0.39 is 5.91 Å². The van der Waals surface area contributed by atoms with E-state index in [4.69, 9.17) is 0 Å². The topological polar surface area (TPSA) is 136 Å². The van der Waals surface area contributed by atoms with Gasteiger partial charge in [0.2, 0.25) is 5.91 Å². The molecule has 10 heteroatoms. The van der Waals surface area contributed by atoms with Crippen molar-refractivity contribution < 1.29 is 14.4 Å². The fourth-order valence-corrected chi connectivity index (χ4v) is 4.04. The zero-order valence-corrected chi connectivity index (χ0v) is 19.4. The third-order valence-corrected chi connectivity index (χ3v) is 5.91. The number of nitrogens with zero attached hydrogens (tertiary/aromatic N) is 3. The van der Waals surface area contributed by atoms with Gasteiger partial charge in [-0.15, -0.1) is 0 Å². The van der Waals surface area contributed by atoms with Gasteiger partial charge in [-0.25, -0.2) is 4.98 Å². The van der Waals surface area contributed by atoms with Crippen LogP contribution < -0.4 is 15.5 Å². The lowest BCUT2D eigenvalue weighted by molar-refractivity contribution is -0.116. The molecule has 1 aliphatic carbocycles. The third-order valence-electron chi connectivity index (χ3n) is 5.91. The van der Waals surface area contributed by atoms with Crippen molar-refractivity contribution in [3.63, 3.8) is 0 Å². The fraction of sp³-hybridized carbons (Fsp3) is 0.240. The van der Waals surface area contributed by atoms with E-state index in [-0.39, 0.29) is 29.4 Å². The molecule has 35 heavy (non-hydrogen) atoms.